The number of carboxylic acids is 1. The van der Waals surface area contributed by atoms with Crippen molar-refractivity contribution < 1.29 is 19.4 Å². The van der Waals surface area contributed by atoms with E-state index in [4.69, 9.17) is 14.6 Å². The molecule has 0 radical (unpaired) electrons. The maximum absolute atomic E-state index is 10.8. The first-order chi connectivity index (χ1) is 8.19. The van der Waals surface area contributed by atoms with Crippen molar-refractivity contribution in [1.29, 1.82) is 0 Å². The zero-order valence-corrected chi connectivity index (χ0v) is 9.39. The van der Waals surface area contributed by atoms with E-state index in [0.717, 1.165) is 0 Å². The fourth-order valence-electron chi connectivity index (χ4n) is 1.17. The zero-order chi connectivity index (χ0) is 12.7. The van der Waals surface area contributed by atoms with E-state index in [1.807, 2.05) is 0 Å². The van der Waals surface area contributed by atoms with Gasteiger partial charge in [0, 0.05) is 0 Å². The minimum absolute atomic E-state index is 0.148. The SMILES string of the molecule is C=CCOc1ccc(C(=O)O)cc1OCC=C. The molecule has 4 nitrogen and oxygen atoms in total. The Morgan fingerprint density at radius 3 is 2.29 bits per heavy atom. The number of benzene rings is 1. The maximum atomic E-state index is 10.8. The molecular weight excluding hydrogens is 220 g/mol. The molecule has 0 heterocycles. The average molecular weight is 234 g/mol. The number of carboxylic acid groups (broad SMARTS) is 1. The summed E-state index contributed by atoms with van der Waals surface area (Å²) in [7, 11) is 0. The number of aromatic carboxylic acids is 1. The summed E-state index contributed by atoms with van der Waals surface area (Å²) in [6, 6.07) is 4.44. The molecule has 0 saturated heterocycles. The summed E-state index contributed by atoms with van der Waals surface area (Å²) in [4.78, 5) is 10.8. The lowest BCUT2D eigenvalue weighted by Gasteiger charge is -2.11. The summed E-state index contributed by atoms with van der Waals surface area (Å²) in [6.07, 6.45) is 3.17. The van der Waals surface area contributed by atoms with Crippen LogP contribution in [0.4, 0.5) is 0 Å². The molecule has 1 rings (SSSR count). The van der Waals surface area contributed by atoms with Crippen LogP contribution in [0.3, 0.4) is 0 Å². The van der Waals surface area contributed by atoms with Crippen LogP contribution >= 0.6 is 0 Å². The highest BCUT2D eigenvalue weighted by molar-refractivity contribution is 5.88. The second-order valence-corrected chi connectivity index (χ2v) is 3.17. The summed E-state index contributed by atoms with van der Waals surface area (Å²) < 4.78 is 10.7. The normalized spacial score (nSPS) is 9.41. The molecule has 0 amide bonds. The van der Waals surface area contributed by atoms with Gasteiger partial charge < -0.3 is 14.6 Å². The first kappa shape index (κ1) is 12.8. The molecule has 0 saturated carbocycles. The van der Waals surface area contributed by atoms with Gasteiger partial charge in [0.25, 0.3) is 0 Å². The highest BCUT2D eigenvalue weighted by Gasteiger charge is 2.10. The lowest BCUT2D eigenvalue weighted by atomic mass is 10.2. The Bertz CT molecular complexity index is 423. The molecule has 4 heteroatoms. The van der Waals surface area contributed by atoms with Gasteiger partial charge in [0.15, 0.2) is 11.5 Å². The van der Waals surface area contributed by atoms with Crippen LogP contribution in [0.15, 0.2) is 43.5 Å². The smallest absolute Gasteiger partial charge is 0.335 e. The number of ether oxygens (including phenoxy) is 2. The average Bonchev–Trinajstić information content (AvgIpc) is 2.34. The lowest BCUT2D eigenvalue weighted by molar-refractivity contribution is 0.0696. The Labute approximate surface area is 99.8 Å². The van der Waals surface area contributed by atoms with E-state index < -0.39 is 5.97 Å². The summed E-state index contributed by atoms with van der Waals surface area (Å²) in [5.74, 6) is -0.146. The number of rotatable bonds is 7. The fraction of sp³-hybridized carbons (Fsp3) is 0.154. The highest BCUT2D eigenvalue weighted by Crippen LogP contribution is 2.28. The Kier molecular flexibility index (Phi) is 4.81. The number of carbonyl (C=O) groups is 1. The highest BCUT2D eigenvalue weighted by atomic mass is 16.5. The van der Waals surface area contributed by atoms with Gasteiger partial charge in [-0.1, -0.05) is 25.3 Å². The van der Waals surface area contributed by atoms with E-state index in [1.54, 1.807) is 18.2 Å². The zero-order valence-electron chi connectivity index (χ0n) is 9.39. The Balaban J connectivity index is 2.97. The Morgan fingerprint density at radius 2 is 1.76 bits per heavy atom. The van der Waals surface area contributed by atoms with Crippen molar-refractivity contribution in [2.24, 2.45) is 0 Å². The monoisotopic (exact) mass is 234 g/mol. The topological polar surface area (TPSA) is 55.8 Å². The van der Waals surface area contributed by atoms with Gasteiger partial charge in [-0.05, 0) is 18.2 Å². The van der Waals surface area contributed by atoms with E-state index in [9.17, 15) is 4.79 Å². The van der Waals surface area contributed by atoms with E-state index in [2.05, 4.69) is 13.2 Å². The summed E-state index contributed by atoms with van der Waals surface area (Å²) in [5, 5.41) is 8.87. The number of hydrogen-bond donors (Lipinski definition) is 1. The molecule has 0 atom stereocenters. The van der Waals surface area contributed by atoms with Gasteiger partial charge in [0.05, 0.1) is 5.56 Å². The molecule has 17 heavy (non-hydrogen) atoms. The van der Waals surface area contributed by atoms with Crippen LogP contribution in [-0.4, -0.2) is 24.3 Å². The summed E-state index contributed by atoms with van der Waals surface area (Å²) in [5.41, 5.74) is 0.148. The summed E-state index contributed by atoms with van der Waals surface area (Å²) in [6.45, 7) is 7.68. The van der Waals surface area contributed by atoms with Crippen LogP contribution < -0.4 is 9.47 Å². The van der Waals surface area contributed by atoms with Crippen molar-refractivity contribution in [1.82, 2.24) is 0 Å². The van der Waals surface area contributed by atoms with Gasteiger partial charge in [0.1, 0.15) is 13.2 Å². The van der Waals surface area contributed by atoms with Crippen LogP contribution in [0.5, 0.6) is 11.5 Å². The Hall–Kier alpha value is -2.23. The van der Waals surface area contributed by atoms with Crippen LogP contribution in [0.2, 0.25) is 0 Å². The van der Waals surface area contributed by atoms with Crippen molar-refractivity contribution in [3.63, 3.8) is 0 Å². The molecule has 0 aromatic heterocycles. The molecule has 0 fully saturated rings. The molecule has 0 aliphatic carbocycles. The third-order valence-electron chi connectivity index (χ3n) is 1.90. The van der Waals surface area contributed by atoms with Crippen LogP contribution in [-0.2, 0) is 0 Å². The van der Waals surface area contributed by atoms with Gasteiger partial charge in [-0.3, -0.25) is 0 Å². The van der Waals surface area contributed by atoms with Gasteiger partial charge >= 0.3 is 5.97 Å². The second-order valence-electron chi connectivity index (χ2n) is 3.17. The first-order valence-corrected chi connectivity index (χ1v) is 5.03. The van der Waals surface area contributed by atoms with E-state index >= 15 is 0 Å². The number of hydrogen-bond acceptors (Lipinski definition) is 3. The van der Waals surface area contributed by atoms with Gasteiger partial charge in [-0.15, -0.1) is 0 Å². The molecule has 1 aromatic carbocycles. The fourth-order valence-corrected chi connectivity index (χ4v) is 1.17. The van der Waals surface area contributed by atoms with Crippen LogP contribution in [0.25, 0.3) is 0 Å². The Morgan fingerprint density at radius 1 is 1.18 bits per heavy atom. The minimum Gasteiger partial charge on any atom is -0.486 e. The standard InChI is InChI=1S/C13H14O4/c1-3-7-16-11-6-5-10(13(14)15)9-12(11)17-8-4-2/h3-6,9H,1-2,7-8H2,(H,14,15). The van der Waals surface area contributed by atoms with Crippen molar-refractivity contribution >= 4 is 5.97 Å². The molecule has 1 N–H and O–H groups in total. The van der Waals surface area contributed by atoms with Crippen LogP contribution in [0, 0.1) is 0 Å². The van der Waals surface area contributed by atoms with E-state index in [0.29, 0.717) is 18.1 Å². The van der Waals surface area contributed by atoms with Crippen LogP contribution in [0.1, 0.15) is 10.4 Å². The predicted octanol–water partition coefficient (Wildman–Crippen LogP) is 2.51. The molecular formula is C13H14O4. The van der Waals surface area contributed by atoms with Crippen molar-refractivity contribution in [2.45, 2.75) is 0 Å². The van der Waals surface area contributed by atoms with Crippen molar-refractivity contribution in [3.05, 3.63) is 49.1 Å². The lowest BCUT2D eigenvalue weighted by Crippen LogP contribution is -2.02. The largest absolute Gasteiger partial charge is 0.486 e. The molecule has 0 bridgehead atoms. The van der Waals surface area contributed by atoms with Crippen molar-refractivity contribution in [3.8, 4) is 11.5 Å². The molecule has 0 unspecified atom stereocenters. The molecule has 0 aliphatic rings. The van der Waals surface area contributed by atoms with Gasteiger partial charge in [-0.2, -0.15) is 0 Å². The third-order valence-corrected chi connectivity index (χ3v) is 1.90. The van der Waals surface area contributed by atoms with Crippen molar-refractivity contribution in [2.75, 3.05) is 13.2 Å². The van der Waals surface area contributed by atoms with E-state index in [-0.39, 0.29) is 12.2 Å². The summed E-state index contributed by atoms with van der Waals surface area (Å²) >= 11 is 0. The first-order valence-electron chi connectivity index (χ1n) is 5.03. The van der Waals surface area contributed by atoms with Gasteiger partial charge in [-0.25, -0.2) is 4.79 Å². The molecule has 0 aliphatic heterocycles. The molecule has 0 spiro atoms. The minimum atomic E-state index is -1.01. The quantitative estimate of drug-likeness (QED) is 0.736. The molecule has 1 aromatic rings. The third kappa shape index (κ3) is 3.68. The molecule has 90 valence electrons. The second kappa shape index (κ2) is 6.37. The van der Waals surface area contributed by atoms with E-state index in [1.165, 1.54) is 12.1 Å². The maximum Gasteiger partial charge on any atom is 0.335 e. The van der Waals surface area contributed by atoms with Gasteiger partial charge in [0.2, 0.25) is 0 Å². The predicted molar refractivity (Wildman–Crippen MR) is 64.8 cm³/mol.